The largest absolute Gasteiger partial charge is 0.459 e. The van der Waals surface area contributed by atoms with Crippen LogP contribution in [0.25, 0.3) is 0 Å². The fourth-order valence-corrected chi connectivity index (χ4v) is 3.16. The van der Waals surface area contributed by atoms with Crippen LogP contribution in [-0.2, 0) is 4.79 Å². The second kappa shape index (κ2) is 8.20. The number of amides is 2. The third-order valence-electron chi connectivity index (χ3n) is 4.51. The normalized spacial score (nSPS) is 17.8. The number of rotatable bonds is 6. The van der Waals surface area contributed by atoms with E-state index in [4.69, 9.17) is 4.42 Å². The minimum atomic E-state index is -2.88. The highest BCUT2D eigenvalue weighted by atomic mass is 19.3. The molecule has 0 spiro atoms. The van der Waals surface area contributed by atoms with Crippen molar-refractivity contribution in [2.75, 3.05) is 6.54 Å². The molecule has 144 valence electrons. The third kappa shape index (κ3) is 4.45. The fraction of sp³-hybridized carbons (Fsp3) is 0.368. The zero-order valence-electron chi connectivity index (χ0n) is 14.7. The van der Waals surface area contributed by atoms with Gasteiger partial charge in [-0.1, -0.05) is 12.1 Å². The summed E-state index contributed by atoms with van der Waals surface area (Å²) in [4.78, 5) is 26.7. The van der Waals surface area contributed by atoms with Crippen molar-refractivity contribution in [3.63, 3.8) is 0 Å². The third-order valence-corrected chi connectivity index (χ3v) is 4.51. The molecule has 1 aromatic heterocycles. The minimum Gasteiger partial charge on any atom is -0.459 e. The number of halogens is 2. The van der Waals surface area contributed by atoms with Crippen molar-refractivity contribution in [2.24, 2.45) is 0 Å². The molecule has 1 aliphatic rings. The van der Waals surface area contributed by atoms with Gasteiger partial charge in [-0.05, 0) is 49.6 Å². The van der Waals surface area contributed by atoms with Crippen molar-refractivity contribution in [1.82, 2.24) is 10.2 Å². The van der Waals surface area contributed by atoms with E-state index in [0.717, 1.165) is 12.0 Å². The number of nitrogens with one attached hydrogen (secondary N) is 1. The summed E-state index contributed by atoms with van der Waals surface area (Å²) < 4.78 is 33.9. The molecule has 0 radical (unpaired) electrons. The summed E-state index contributed by atoms with van der Waals surface area (Å²) in [6, 6.07) is 8.36. The average molecular weight is 378 g/mol. The molecule has 0 bridgehead atoms. The van der Waals surface area contributed by atoms with E-state index in [1.165, 1.54) is 23.3 Å². The standard InChI is InChI=1S/C19H20F2N2O4/c1-12(13-6-8-14(9-7-13)27-19(20)21)22-17(24)15-4-2-10-23(15)18(25)16-5-3-11-26-16/h3,5-9,11-12,15,19H,2,4,10H2,1H3,(H,22,24). The second-order valence-electron chi connectivity index (χ2n) is 6.31. The Morgan fingerprint density at radius 1 is 1.26 bits per heavy atom. The van der Waals surface area contributed by atoms with Gasteiger partial charge in [0.05, 0.1) is 12.3 Å². The molecular weight excluding hydrogens is 358 g/mol. The monoisotopic (exact) mass is 378 g/mol. The van der Waals surface area contributed by atoms with Crippen LogP contribution in [0.5, 0.6) is 5.75 Å². The van der Waals surface area contributed by atoms with Crippen molar-refractivity contribution in [3.8, 4) is 5.75 Å². The summed E-state index contributed by atoms with van der Waals surface area (Å²) >= 11 is 0. The predicted octanol–water partition coefficient (Wildman–Crippen LogP) is 3.36. The number of furan rings is 1. The highest BCUT2D eigenvalue weighted by Gasteiger charge is 2.35. The Labute approximate surface area is 155 Å². The summed E-state index contributed by atoms with van der Waals surface area (Å²) in [6.07, 6.45) is 2.73. The molecule has 0 aliphatic carbocycles. The molecule has 6 nitrogen and oxygen atoms in total. The smallest absolute Gasteiger partial charge is 0.387 e. The van der Waals surface area contributed by atoms with E-state index in [-0.39, 0.29) is 29.4 Å². The maximum Gasteiger partial charge on any atom is 0.387 e. The molecule has 27 heavy (non-hydrogen) atoms. The molecule has 1 aromatic carbocycles. The SMILES string of the molecule is CC(NC(=O)C1CCCN1C(=O)c1ccco1)c1ccc(OC(F)F)cc1. The summed E-state index contributed by atoms with van der Waals surface area (Å²) in [6.45, 7) is -0.603. The van der Waals surface area contributed by atoms with E-state index in [2.05, 4.69) is 10.1 Å². The molecule has 1 saturated heterocycles. The van der Waals surface area contributed by atoms with E-state index >= 15 is 0 Å². The van der Waals surface area contributed by atoms with Gasteiger partial charge in [-0.2, -0.15) is 8.78 Å². The number of benzene rings is 1. The average Bonchev–Trinajstić information content (AvgIpc) is 3.33. The molecule has 1 N–H and O–H groups in total. The number of alkyl halides is 2. The lowest BCUT2D eigenvalue weighted by Gasteiger charge is -2.25. The predicted molar refractivity (Wildman–Crippen MR) is 92.4 cm³/mol. The zero-order valence-corrected chi connectivity index (χ0v) is 14.7. The molecule has 2 aromatic rings. The quantitative estimate of drug-likeness (QED) is 0.837. The van der Waals surface area contributed by atoms with Crippen LogP contribution >= 0.6 is 0 Å². The second-order valence-corrected chi connectivity index (χ2v) is 6.31. The lowest BCUT2D eigenvalue weighted by Crippen LogP contribution is -2.46. The van der Waals surface area contributed by atoms with Crippen molar-refractivity contribution < 1.29 is 27.5 Å². The van der Waals surface area contributed by atoms with E-state index in [1.54, 1.807) is 31.2 Å². The Morgan fingerprint density at radius 3 is 2.63 bits per heavy atom. The molecule has 3 rings (SSSR count). The first-order valence-electron chi connectivity index (χ1n) is 8.65. The summed E-state index contributed by atoms with van der Waals surface area (Å²) in [7, 11) is 0. The highest BCUT2D eigenvalue weighted by Crippen LogP contribution is 2.23. The van der Waals surface area contributed by atoms with E-state index in [9.17, 15) is 18.4 Å². The molecule has 2 atom stereocenters. The van der Waals surface area contributed by atoms with Crippen LogP contribution in [0, 0.1) is 0 Å². The van der Waals surface area contributed by atoms with Crippen molar-refractivity contribution in [1.29, 1.82) is 0 Å². The van der Waals surface area contributed by atoms with Gasteiger partial charge in [-0.3, -0.25) is 9.59 Å². The van der Waals surface area contributed by atoms with E-state index in [0.29, 0.717) is 13.0 Å². The minimum absolute atomic E-state index is 0.0540. The lowest BCUT2D eigenvalue weighted by atomic mass is 10.1. The number of carbonyl (C=O) groups is 2. The molecule has 0 saturated carbocycles. The molecule has 8 heteroatoms. The number of hydrogen-bond acceptors (Lipinski definition) is 4. The molecular formula is C19H20F2N2O4. The van der Waals surface area contributed by atoms with Gasteiger partial charge in [0.2, 0.25) is 5.91 Å². The molecule has 1 aliphatic heterocycles. The zero-order chi connectivity index (χ0) is 19.4. The van der Waals surface area contributed by atoms with Crippen molar-refractivity contribution >= 4 is 11.8 Å². The lowest BCUT2D eigenvalue weighted by molar-refractivity contribution is -0.125. The van der Waals surface area contributed by atoms with Crippen LogP contribution in [0.1, 0.15) is 41.9 Å². The van der Waals surface area contributed by atoms with Crippen molar-refractivity contribution in [3.05, 3.63) is 54.0 Å². The maximum absolute atomic E-state index is 12.7. The fourth-order valence-electron chi connectivity index (χ4n) is 3.16. The van der Waals surface area contributed by atoms with Gasteiger partial charge in [0.25, 0.3) is 5.91 Å². The topological polar surface area (TPSA) is 71.8 Å². The highest BCUT2D eigenvalue weighted by molar-refractivity contribution is 5.96. The number of likely N-dealkylation sites (tertiary alicyclic amines) is 1. The summed E-state index contributed by atoms with van der Waals surface area (Å²) in [5.74, 6) is -0.303. The van der Waals surface area contributed by atoms with Crippen LogP contribution < -0.4 is 10.1 Å². The van der Waals surface area contributed by atoms with Gasteiger partial charge >= 0.3 is 6.61 Å². The Morgan fingerprint density at radius 2 is 2.00 bits per heavy atom. The van der Waals surface area contributed by atoms with Gasteiger partial charge < -0.3 is 19.4 Å². The first-order chi connectivity index (χ1) is 13.0. The van der Waals surface area contributed by atoms with Crippen LogP contribution in [0.15, 0.2) is 47.1 Å². The van der Waals surface area contributed by atoms with Gasteiger partial charge in [-0.15, -0.1) is 0 Å². The van der Waals surface area contributed by atoms with Crippen LogP contribution in [0.3, 0.4) is 0 Å². The Hall–Kier alpha value is -2.90. The maximum atomic E-state index is 12.7. The Balaban J connectivity index is 1.62. The van der Waals surface area contributed by atoms with Gasteiger partial charge in [0.15, 0.2) is 5.76 Å². The van der Waals surface area contributed by atoms with Crippen LogP contribution in [-0.4, -0.2) is 35.9 Å². The molecule has 2 heterocycles. The van der Waals surface area contributed by atoms with Crippen LogP contribution in [0.2, 0.25) is 0 Å². The summed E-state index contributed by atoms with van der Waals surface area (Å²) in [5, 5.41) is 2.88. The number of hydrogen-bond donors (Lipinski definition) is 1. The number of nitrogens with zero attached hydrogens (tertiary/aromatic N) is 1. The first kappa shape index (κ1) is 18.9. The van der Waals surface area contributed by atoms with Gasteiger partial charge in [-0.25, -0.2) is 0 Å². The van der Waals surface area contributed by atoms with Gasteiger partial charge in [0, 0.05) is 6.54 Å². The summed E-state index contributed by atoms with van der Waals surface area (Å²) in [5.41, 5.74) is 0.742. The Kier molecular flexibility index (Phi) is 5.73. The van der Waals surface area contributed by atoms with Crippen molar-refractivity contribution in [2.45, 2.75) is 38.5 Å². The Bertz CT molecular complexity index is 778. The van der Waals surface area contributed by atoms with Crippen LogP contribution in [0.4, 0.5) is 8.78 Å². The number of ether oxygens (including phenoxy) is 1. The van der Waals surface area contributed by atoms with E-state index < -0.39 is 12.7 Å². The molecule has 2 amide bonds. The number of carbonyl (C=O) groups excluding carboxylic acids is 2. The first-order valence-corrected chi connectivity index (χ1v) is 8.65. The molecule has 2 unspecified atom stereocenters. The van der Waals surface area contributed by atoms with E-state index in [1.807, 2.05) is 0 Å². The van der Waals surface area contributed by atoms with Gasteiger partial charge in [0.1, 0.15) is 11.8 Å². The molecule has 1 fully saturated rings.